The van der Waals surface area contributed by atoms with Crippen LogP contribution >= 0.6 is 0 Å². The number of furan rings is 1. The largest absolute Gasteiger partial charge is 0.455 e. The Morgan fingerprint density at radius 3 is 1.71 bits per heavy atom. The predicted octanol–water partition coefficient (Wildman–Crippen LogP) is 14.4. The van der Waals surface area contributed by atoms with Crippen molar-refractivity contribution in [1.82, 2.24) is 0 Å². The number of nitrogens with zero attached hydrogens (tertiary/aromatic N) is 1. The zero-order valence-electron chi connectivity index (χ0n) is 31.2. The Hall–Kier alpha value is -6.64. The van der Waals surface area contributed by atoms with E-state index in [2.05, 4.69) is 196 Å². The number of hydrogen-bond acceptors (Lipinski definition) is 2. The topological polar surface area (TPSA) is 16.4 Å². The Kier molecular flexibility index (Phi) is 6.76. The third kappa shape index (κ3) is 4.55. The van der Waals surface area contributed by atoms with E-state index in [4.69, 9.17) is 4.42 Å². The number of anilines is 3. The van der Waals surface area contributed by atoms with E-state index in [-0.39, 0.29) is 10.8 Å². The van der Waals surface area contributed by atoms with Crippen LogP contribution in [-0.4, -0.2) is 0 Å². The maximum Gasteiger partial charge on any atom is 0.143 e. The molecule has 0 fully saturated rings. The first kappa shape index (κ1) is 31.8. The highest BCUT2D eigenvalue weighted by atomic mass is 16.3. The summed E-state index contributed by atoms with van der Waals surface area (Å²) in [6.45, 7) is 7.11. The van der Waals surface area contributed by atoms with Crippen LogP contribution in [0.25, 0.3) is 55.3 Å². The van der Waals surface area contributed by atoms with Crippen molar-refractivity contribution in [3.05, 3.63) is 210 Å². The molecule has 0 saturated carbocycles. The van der Waals surface area contributed by atoms with Crippen LogP contribution in [0.15, 0.2) is 186 Å². The lowest BCUT2D eigenvalue weighted by molar-refractivity contribution is 0.660. The maximum absolute atomic E-state index is 6.46. The lowest BCUT2D eigenvalue weighted by atomic mass is 9.74. The quantitative estimate of drug-likeness (QED) is 0.177. The third-order valence-corrected chi connectivity index (χ3v) is 12.6. The third-order valence-electron chi connectivity index (χ3n) is 12.6. The van der Waals surface area contributed by atoms with Gasteiger partial charge in [0.2, 0.25) is 0 Å². The lowest BCUT2D eigenvalue weighted by Crippen LogP contribution is -2.23. The van der Waals surface area contributed by atoms with Crippen LogP contribution in [0.1, 0.15) is 48.6 Å². The Morgan fingerprint density at radius 2 is 0.945 bits per heavy atom. The maximum atomic E-state index is 6.46. The zero-order chi connectivity index (χ0) is 36.9. The van der Waals surface area contributed by atoms with Gasteiger partial charge in [0.15, 0.2) is 0 Å². The number of benzene rings is 8. The number of hydrogen-bond donors (Lipinski definition) is 0. The molecule has 0 amide bonds. The van der Waals surface area contributed by atoms with Gasteiger partial charge < -0.3 is 9.32 Å². The van der Waals surface area contributed by atoms with Crippen LogP contribution in [0.3, 0.4) is 0 Å². The SMILES string of the molecule is CC1(C)c2ccccc2-c2ccc(N(c3ccc(-c4cccc5c4oc4ccccc45)cc3)c3ccc4c(c3)C(C)(c3ccccc3)c3ccccc3-4)cc21. The molecule has 0 N–H and O–H groups in total. The minimum atomic E-state index is -0.300. The molecule has 0 radical (unpaired) electrons. The van der Waals surface area contributed by atoms with Gasteiger partial charge in [-0.25, -0.2) is 0 Å². The first-order chi connectivity index (χ1) is 26.9. The van der Waals surface area contributed by atoms with Crippen molar-refractivity contribution in [2.75, 3.05) is 4.90 Å². The molecule has 0 aliphatic heterocycles. The van der Waals surface area contributed by atoms with Crippen LogP contribution in [0.2, 0.25) is 0 Å². The fourth-order valence-corrected chi connectivity index (χ4v) is 9.74. The number of para-hydroxylation sites is 2. The molecule has 2 aliphatic rings. The van der Waals surface area contributed by atoms with E-state index >= 15 is 0 Å². The molecule has 0 saturated heterocycles. The highest BCUT2D eigenvalue weighted by molar-refractivity contribution is 6.09. The summed E-state index contributed by atoms with van der Waals surface area (Å²) in [5, 5.41) is 2.28. The first-order valence-electron chi connectivity index (χ1n) is 19.3. The second-order valence-electron chi connectivity index (χ2n) is 15.8. The van der Waals surface area contributed by atoms with E-state index in [1.807, 2.05) is 12.1 Å². The van der Waals surface area contributed by atoms with E-state index in [0.29, 0.717) is 0 Å². The van der Waals surface area contributed by atoms with Gasteiger partial charge >= 0.3 is 0 Å². The normalized spacial score (nSPS) is 16.1. The van der Waals surface area contributed by atoms with Crippen molar-refractivity contribution in [2.24, 2.45) is 0 Å². The molecule has 9 aromatic rings. The van der Waals surface area contributed by atoms with Crippen molar-refractivity contribution in [3.8, 4) is 33.4 Å². The smallest absolute Gasteiger partial charge is 0.143 e. The minimum Gasteiger partial charge on any atom is -0.455 e. The summed E-state index contributed by atoms with van der Waals surface area (Å²) in [5.41, 5.74) is 19.0. The Morgan fingerprint density at radius 1 is 0.400 bits per heavy atom. The summed E-state index contributed by atoms with van der Waals surface area (Å²) in [7, 11) is 0. The van der Waals surface area contributed by atoms with Crippen molar-refractivity contribution in [2.45, 2.75) is 31.6 Å². The van der Waals surface area contributed by atoms with E-state index in [9.17, 15) is 0 Å². The number of rotatable bonds is 5. The Balaban J connectivity index is 1.09. The Labute approximate surface area is 322 Å². The summed E-state index contributed by atoms with van der Waals surface area (Å²) < 4.78 is 6.46. The van der Waals surface area contributed by atoms with Crippen LogP contribution in [0, 0.1) is 0 Å². The molecule has 2 nitrogen and oxygen atoms in total. The fraction of sp³-hybridized carbons (Fsp3) is 0.0943. The van der Waals surface area contributed by atoms with Gasteiger partial charge in [0, 0.05) is 44.2 Å². The standard InChI is InChI=1S/C53H39NO/c1-52(2)46-21-10-7-16-40(46)42-30-28-37(32-48(42)52)54(36-26-24-34(25-27-36)39-19-13-20-45-44-18-9-12-23-50(44)55-51(39)45)38-29-31-43-41-17-8-11-22-47(41)53(3,49(43)33-38)35-14-5-4-6-15-35/h4-33H,1-3H3. The second kappa shape index (κ2) is 11.7. The van der Waals surface area contributed by atoms with Gasteiger partial charge in [-0.3, -0.25) is 0 Å². The van der Waals surface area contributed by atoms with Crippen LogP contribution < -0.4 is 4.90 Å². The molecule has 11 rings (SSSR count). The van der Waals surface area contributed by atoms with Crippen LogP contribution in [0.5, 0.6) is 0 Å². The van der Waals surface area contributed by atoms with Gasteiger partial charge in [-0.2, -0.15) is 0 Å². The van der Waals surface area contributed by atoms with Crippen LogP contribution in [0.4, 0.5) is 17.1 Å². The summed E-state index contributed by atoms with van der Waals surface area (Å²) in [4.78, 5) is 2.44. The van der Waals surface area contributed by atoms with E-state index in [1.165, 1.54) is 50.1 Å². The monoisotopic (exact) mass is 705 g/mol. The first-order valence-corrected chi connectivity index (χ1v) is 19.3. The van der Waals surface area contributed by atoms with Gasteiger partial charge in [0.05, 0.1) is 0 Å². The molecule has 1 atom stereocenters. The molecule has 1 aromatic heterocycles. The Bertz CT molecular complexity index is 2970. The average Bonchev–Trinajstić information content (AvgIpc) is 3.82. The fourth-order valence-electron chi connectivity index (χ4n) is 9.74. The molecular formula is C53H39NO. The molecule has 0 spiro atoms. The van der Waals surface area contributed by atoms with Gasteiger partial charge in [0.25, 0.3) is 0 Å². The predicted molar refractivity (Wildman–Crippen MR) is 229 cm³/mol. The minimum absolute atomic E-state index is 0.117. The molecule has 0 bridgehead atoms. The molecule has 2 heteroatoms. The molecule has 1 heterocycles. The summed E-state index contributed by atoms with van der Waals surface area (Å²) >= 11 is 0. The van der Waals surface area contributed by atoms with Gasteiger partial charge in [-0.15, -0.1) is 0 Å². The average molecular weight is 706 g/mol. The lowest BCUT2D eigenvalue weighted by Gasteiger charge is -2.31. The molecule has 55 heavy (non-hydrogen) atoms. The molecule has 262 valence electrons. The molecule has 8 aromatic carbocycles. The number of fused-ring (bicyclic) bond motifs is 9. The molecular weight excluding hydrogens is 667 g/mol. The van der Waals surface area contributed by atoms with Gasteiger partial charge in [-0.1, -0.05) is 153 Å². The highest BCUT2D eigenvalue weighted by Gasteiger charge is 2.41. The summed E-state index contributed by atoms with van der Waals surface area (Å²) in [6.07, 6.45) is 0. The van der Waals surface area contributed by atoms with Crippen molar-refractivity contribution < 1.29 is 4.42 Å². The van der Waals surface area contributed by atoms with E-state index in [1.54, 1.807) is 0 Å². The van der Waals surface area contributed by atoms with Crippen molar-refractivity contribution >= 4 is 39.0 Å². The van der Waals surface area contributed by atoms with Crippen molar-refractivity contribution in [3.63, 3.8) is 0 Å². The van der Waals surface area contributed by atoms with E-state index < -0.39 is 0 Å². The van der Waals surface area contributed by atoms with E-state index in [0.717, 1.165) is 50.1 Å². The molecule has 1 unspecified atom stereocenters. The highest BCUT2D eigenvalue weighted by Crippen LogP contribution is 2.55. The summed E-state index contributed by atoms with van der Waals surface area (Å²) in [5.74, 6) is 0. The van der Waals surface area contributed by atoms with Gasteiger partial charge in [-0.05, 0) is 105 Å². The van der Waals surface area contributed by atoms with Gasteiger partial charge in [0.1, 0.15) is 11.2 Å². The second-order valence-corrected chi connectivity index (χ2v) is 15.8. The molecule has 2 aliphatic carbocycles. The summed E-state index contributed by atoms with van der Waals surface area (Å²) in [6, 6.07) is 66.7. The zero-order valence-corrected chi connectivity index (χ0v) is 31.2. The van der Waals surface area contributed by atoms with Crippen molar-refractivity contribution in [1.29, 1.82) is 0 Å². The van der Waals surface area contributed by atoms with Crippen LogP contribution in [-0.2, 0) is 10.8 Å².